The fraction of sp³-hybridized carbons (Fsp3) is 0.353. The molecule has 0 N–H and O–H groups in total. The summed E-state index contributed by atoms with van der Waals surface area (Å²) >= 11 is 0. The van der Waals surface area contributed by atoms with E-state index in [9.17, 15) is 4.79 Å². The predicted octanol–water partition coefficient (Wildman–Crippen LogP) is 2.01. The molecular formula is C17H19N3O2. The van der Waals surface area contributed by atoms with Gasteiger partial charge in [0, 0.05) is 37.1 Å². The molecule has 1 amide bonds. The van der Waals surface area contributed by atoms with Gasteiger partial charge in [-0.15, -0.1) is 0 Å². The van der Waals surface area contributed by atoms with Gasteiger partial charge >= 0.3 is 0 Å². The van der Waals surface area contributed by atoms with E-state index < -0.39 is 0 Å². The van der Waals surface area contributed by atoms with Crippen molar-refractivity contribution < 1.29 is 9.53 Å². The lowest BCUT2D eigenvalue weighted by atomic mass is 10.2. The summed E-state index contributed by atoms with van der Waals surface area (Å²) in [6.07, 6.45) is 4.70. The normalized spacial score (nSPS) is 17.5. The van der Waals surface area contributed by atoms with Crippen molar-refractivity contribution in [2.24, 2.45) is 0 Å². The third-order valence-corrected chi connectivity index (χ3v) is 3.73. The summed E-state index contributed by atoms with van der Waals surface area (Å²) in [4.78, 5) is 22.5. The van der Waals surface area contributed by atoms with Crippen molar-refractivity contribution in [3.63, 3.8) is 0 Å². The van der Waals surface area contributed by atoms with E-state index in [1.165, 1.54) is 0 Å². The van der Waals surface area contributed by atoms with Crippen molar-refractivity contribution in [3.05, 3.63) is 54.0 Å². The maximum absolute atomic E-state index is 12.3. The Morgan fingerprint density at radius 3 is 3.05 bits per heavy atom. The van der Waals surface area contributed by atoms with Gasteiger partial charge in [0.15, 0.2) is 0 Å². The van der Waals surface area contributed by atoms with Crippen molar-refractivity contribution in [2.75, 3.05) is 13.1 Å². The monoisotopic (exact) mass is 297 g/mol. The Balaban J connectivity index is 1.54. The summed E-state index contributed by atoms with van der Waals surface area (Å²) in [5.41, 5.74) is 1.87. The molecule has 0 aromatic carbocycles. The average molecular weight is 297 g/mol. The van der Waals surface area contributed by atoms with E-state index in [-0.39, 0.29) is 12.0 Å². The van der Waals surface area contributed by atoms with E-state index >= 15 is 0 Å². The van der Waals surface area contributed by atoms with Crippen LogP contribution in [0.5, 0.6) is 5.88 Å². The molecule has 1 fully saturated rings. The maximum Gasteiger partial charge on any atom is 0.227 e. The number of likely N-dealkylation sites (tertiary alicyclic amines) is 1. The second kappa shape index (κ2) is 6.56. The van der Waals surface area contributed by atoms with Gasteiger partial charge in [-0.05, 0) is 24.6 Å². The molecule has 1 atom stereocenters. The lowest BCUT2D eigenvalue weighted by molar-refractivity contribution is -0.129. The fourth-order valence-corrected chi connectivity index (χ4v) is 2.59. The Kier molecular flexibility index (Phi) is 4.32. The molecule has 114 valence electrons. The molecule has 3 rings (SSSR count). The number of nitrogens with zero attached hydrogens (tertiary/aromatic N) is 3. The zero-order valence-electron chi connectivity index (χ0n) is 12.6. The summed E-state index contributed by atoms with van der Waals surface area (Å²) in [5, 5.41) is 0. The molecule has 22 heavy (non-hydrogen) atoms. The van der Waals surface area contributed by atoms with Crippen LogP contribution < -0.4 is 4.74 Å². The lowest BCUT2D eigenvalue weighted by Crippen LogP contribution is -2.32. The Hall–Kier alpha value is -2.43. The van der Waals surface area contributed by atoms with Crippen LogP contribution in [0.3, 0.4) is 0 Å². The van der Waals surface area contributed by atoms with Gasteiger partial charge in [-0.1, -0.05) is 12.1 Å². The molecule has 0 radical (unpaired) electrons. The van der Waals surface area contributed by atoms with Crippen LogP contribution in [0, 0.1) is 6.92 Å². The number of amides is 1. The summed E-state index contributed by atoms with van der Waals surface area (Å²) in [7, 11) is 0. The van der Waals surface area contributed by atoms with Gasteiger partial charge in [0.2, 0.25) is 11.8 Å². The van der Waals surface area contributed by atoms with Crippen molar-refractivity contribution in [2.45, 2.75) is 25.9 Å². The first-order valence-corrected chi connectivity index (χ1v) is 7.48. The van der Waals surface area contributed by atoms with Crippen LogP contribution in [0.15, 0.2) is 42.7 Å². The van der Waals surface area contributed by atoms with Crippen molar-refractivity contribution in [1.82, 2.24) is 14.9 Å². The predicted molar refractivity (Wildman–Crippen MR) is 82.5 cm³/mol. The van der Waals surface area contributed by atoms with Gasteiger partial charge in [0.1, 0.15) is 6.10 Å². The van der Waals surface area contributed by atoms with Crippen LogP contribution in [0.4, 0.5) is 0 Å². The Morgan fingerprint density at radius 1 is 1.36 bits per heavy atom. The molecule has 0 saturated carbocycles. The second-order valence-corrected chi connectivity index (χ2v) is 5.52. The summed E-state index contributed by atoms with van der Waals surface area (Å²) in [5.74, 6) is 0.753. The number of carbonyl (C=O) groups excluding carboxylic acids is 1. The molecule has 3 heterocycles. The number of carbonyl (C=O) groups is 1. The van der Waals surface area contributed by atoms with E-state index in [0.717, 1.165) is 24.2 Å². The molecule has 1 aliphatic heterocycles. The van der Waals surface area contributed by atoms with Crippen LogP contribution >= 0.6 is 0 Å². The highest BCUT2D eigenvalue weighted by atomic mass is 16.5. The highest BCUT2D eigenvalue weighted by Gasteiger charge is 2.27. The molecule has 1 aliphatic rings. The van der Waals surface area contributed by atoms with Gasteiger partial charge in [0.05, 0.1) is 13.0 Å². The van der Waals surface area contributed by atoms with Crippen molar-refractivity contribution in [3.8, 4) is 5.88 Å². The molecule has 0 spiro atoms. The Morgan fingerprint density at radius 2 is 2.27 bits per heavy atom. The van der Waals surface area contributed by atoms with Crippen molar-refractivity contribution in [1.29, 1.82) is 0 Å². The molecule has 0 aliphatic carbocycles. The summed E-state index contributed by atoms with van der Waals surface area (Å²) < 4.78 is 5.87. The van der Waals surface area contributed by atoms with Gasteiger partial charge in [-0.3, -0.25) is 9.78 Å². The number of hydrogen-bond acceptors (Lipinski definition) is 4. The first kappa shape index (κ1) is 14.5. The quantitative estimate of drug-likeness (QED) is 0.866. The van der Waals surface area contributed by atoms with Crippen molar-refractivity contribution >= 4 is 5.91 Å². The van der Waals surface area contributed by atoms with E-state index in [1.54, 1.807) is 12.4 Å². The van der Waals surface area contributed by atoms with E-state index in [1.807, 2.05) is 42.2 Å². The van der Waals surface area contributed by atoms with Gasteiger partial charge in [0.25, 0.3) is 0 Å². The number of rotatable bonds is 4. The van der Waals surface area contributed by atoms with Gasteiger partial charge in [-0.2, -0.15) is 0 Å². The van der Waals surface area contributed by atoms with Crippen LogP contribution in [0.1, 0.15) is 17.7 Å². The largest absolute Gasteiger partial charge is 0.472 e. The fourth-order valence-electron chi connectivity index (χ4n) is 2.59. The smallest absolute Gasteiger partial charge is 0.227 e. The highest BCUT2D eigenvalue weighted by Crippen LogP contribution is 2.17. The Bertz CT molecular complexity index is 645. The number of hydrogen-bond donors (Lipinski definition) is 0. The third-order valence-electron chi connectivity index (χ3n) is 3.73. The minimum atomic E-state index is 0.0205. The number of pyridine rings is 2. The van der Waals surface area contributed by atoms with Crippen LogP contribution in [-0.2, 0) is 11.2 Å². The summed E-state index contributed by atoms with van der Waals surface area (Å²) in [6.45, 7) is 3.29. The maximum atomic E-state index is 12.3. The molecule has 0 bridgehead atoms. The van der Waals surface area contributed by atoms with Crippen LogP contribution in [0.25, 0.3) is 0 Å². The molecule has 5 heteroatoms. The molecule has 0 unspecified atom stereocenters. The topological polar surface area (TPSA) is 55.3 Å². The van der Waals surface area contributed by atoms with E-state index in [4.69, 9.17) is 4.74 Å². The van der Waals surface area contributed by atoms with Gasteiger partial charge < -0.3 is 9.64 Å². The van der Waals surface area contributed by atoms with E-state index in [0.29, 0.717) is 18.8 Å². The SMILES string of the molecule is Cc1cccc(O[C@H]2CCN(C(=O)Cc3cccnc3)C2)n1. The van der Waals surface area contributed by atoms with E-state index in [2.05, 4.69) is 9.97 Å². The van der Waals surface area contributed by atoms with Crippen LogP contribution in [-0.4, -0.2) is 40.0 Å². The molecule has 2 aromatic rings. The Labute approximate surface area is 130 Å². The number of ether oxygens (including phenoxy) is 1. The van der Waals surface area contributed by atoms with Gasteiger partial charge in [-0.25, -0.2) is 4.98 Å². The second-order valence-electron chi connectivity index (χ2n) is 5.52. The first-order valence-electron chi connectivity index (χ1n) is 7.48. The van der Waals surface area contributed by atoms with Crippen LogP contribution in [0.2, 0.25) is 0 Å². The number of aryl methyl sites for hydroxylation is 1. The lowest BCUT2D eigenvalue weighted by Gasteiger charge is -2.17. The molecule has 1 saturated heterocycles. The minimum Gasteiger partial charge on any atom is -0.472 e. The zero-order valence-corrected chi connectivity index (χ0v) is 12.6. The molecule has 2 aromatic heterocycles. The first-order chi connectivity index (χ1) is 10.7. The summed E-state index contributed by atoms with van der Waals surface area (Å²) in [6, 6.07) is 9.49. The minimum absolute atomic E-state index is 0.0205. The average Bonchev–Trinajstić information content (AvgIpc) is 2.97. The standard InChI is InChI=1S/C17H19N3O2/c1-13-4-2-6-16(19-13)22-15-7-9-20(12-15)17(21)10-14-5-3-8-18-11-14/h2-6,8,11,15H,7,9-10,12H2,1H3/t15-/m0/s1. The zero-order chi connectivity index (χ0) is 15.4. The highest BCUT2D eigenvalue weighted by molar-refractivity contribution is 5.79. The number of aromatic nitrogens is 2. The third kappa shape index (κ3) is 3.61. The molecule has 5 nitrogen and oxygen atoms in total. The molecular weight excluding hydrogens is 278 g/mol.